The van der Waals surface area contributed by atoms with E-state index >= 15 is 0 Å². The molecule has 2 aliphatic heterocycles. The fourth-order valence-electron chi connectivity index (χ4n) is 2.99. The van der Waals surface area contributed by atoms with Crippen molar-refractivity contribution in [1.82, 2.24) is 9.55 Å². The quantitative estimate of drug-likeness (QED) is 0.783. The van der Waals surface area contributed by atoms with E-state index in [1.54, 1.807) is 13.1 Å². The van der Waals surface area contributed by atoms with Crippen molar-refractivity contribution in [3.05, 3.63) is 22.1 Å². The second-order valence-electron chi connectivity index (χ2n) is 8.32. The van der Waals surface area contributed by atoms with Gasteiger partial charge in [-0.1, -0.05) is 27.7 Å². The molecule has 2 aliphatic rings. The lowest BCUT2D eigenvalue weighted by molar-refractivity contribution is -0.0437. The molecule has 134 valence electrons. The summed E-state index contributed by atoms with van der Waals surface area (Å²) in [5.41, 5.74) is 0.327. The van der Waals surface area contributed by atoms with Gasteiger partial charge in [0.25, 0.3) is 5.56 Å². The molecule has 4 atom stereocenters. The number of hydrogen-bond donors (Lipinski definition) is 0. The molecule has 24 heavy (non-hydrogen) atoms. The SMILES string of the molecule is CC[C@H]1O[C@@H]2[C@@H](O[Si](C)(C)C(C)(C)C)C1Oc1nc(=O)c(C)cn12. The first-order valence-electron chi connectivity index (χ1n) is 8.65. The van der Waals surface area contributed by atoms with Crippen molar-refractivity contribution in [2.45, 2.75) is 83.7 Å². The summed E-state index contributed by atoms with van der Waals surface area (Å²) in [6.07, 6.45) is 1.87. The van der Waals surface area contributed by atoms with Crippen LogP contribution in [-0.2, 0) is 9.16 Å². The summed E-state index contributed by atoms with van der Waals surface area (Å²) in [6.45, 7) is 15.0. The van der Waals surface area contributed by atoms with Crippen LogP contribution in [0.4, 0.5) is 0 Å². The van der Waals surface area contributed by atoms with Crippen LogP contribution in [0.1, 0.15) is 45.9 Å². The number of ether oxygens (including phenoxy) is 2. The fraction of sp³-hybridized carbons (Fsp3) is 0.765. The zero-order valence-electron chi connectivity index (χ0n) is 15.6. The lowest BCUT2D eigenvalue weighted by Gasteiger charge is -2.42. The van der Waals surface area contributed by atoms with E-state index in [2.05, 4.69) is 45.8 Å². The van der Waals surface area contributed by atoms with E-state index in [0.717, 1.165) is 6.42 Å². The number of fused-ring (bicyclic) bond motifs is 4. The highest BCUT2D eigenvalue weighted by molar-refractivity contribution is 6.74. The van der Waals surface area contributed by atoms with Crippen molar-refractivity contribution >= 4 is 8.32 Å². The molecule has 1 unspecified atom stereocenters. The van der Waals surface area contributed by atoms with Gasteiger partial charge in [0.2, 0.25) is 0 Å². The third kappa shape index (κ3) is 2.72. The van der Waals surface area contributed by atoms with Gasteiger partial charge < -0.3 is 13.9 Å². The number of aryl methyl sites for hydroxylation is 1. The van der Waals surface area contributed by atoms with Gasteiger partial charge in [0.1, 0.15) is 6.10 Å². The molecular weight excluding hydrogens is 324 g/mol. The number of hydrogen-bond acceptors (Lipinski definition) is 5. The fourth-order valence-corrected chi connectivity index (χ4v) is 4.27. The van der Waals surface area contributed by atoms with Gasteiger partial charge in [-0.25, -0.2) is 0 Å². The largest absolute Gasteiger partial charge is 0.456 e. The summed E-state index contributed by atoms with van der Waals surface area (Å²) < 4.78 is 20.7. The van der Waals surface area contributed by atoms with Crippen LogP contribution in [0.5, 0.6) is 6.01 Å². The topological polar surface area (TPSA) is 62.6 Å². The molecule has 3 heterocycles. The van der Waals surface area contributed by atoms with E-state index in [-0.39, 0.29) is 35.1 Å². The highest BCUT2D eigenvalue weighted by Crippen LogP contribution is 2.45. The minimum absolute atomic E-state index is 0.0538. The van der Waals surface area contributed by atoms with Gasteiger partial charge in [0.15, 0.2) is 20.6 Å². The summed E-state index contributed by atoms with van der Waals surface area (Å²) in [4.78, 5) is 15.9. The molecule has 1 aromatic heterocycles. The Hall–Kier alpha value is -1.18. The molecule has 2 bridgehead atoms. The Morgan fingerprint density at radius 3 is 2.62 bits per heavy atom. The van der Waals surface area contributed by atoms with E-state index in [9.17, 15) is 4.79 Å². The minimum atomic E-state index is -1.98. The predicted octanol–water partition coefficient (Wildman–Crippen LogP) is 3.01. The first kappa shape index (κ1) is 17.6. The van der Waals surface area contributed by atoms with E-state index < -0.39 is 8.32 Å². The Kier molecular flexibility index (Phi) is 4.17. The van der Waals surface area contributed by atoms with Crippen LogP contribution in [-0.4, -0.2) is 36.2 Å². The smallest absolute Gasteiger partial charge is 0.302 e. The Bertz CT molecular complexity index is 695. The van der Waals surface area contributed by atoms with Crippen LogP contribution in [0.2, 0.25) is 18.1 Å². The van der Waals surface area contributed by atoms with Crippen molar-refractivity contribution < 1.29 is 13.9 Å². The van der Waals surface area contributed by atoms with Crippen LogP contribution < -0.4 is 10.3 Å². The monoisotopic (exact) mass is 352 g/mol. The van der Waals surface area contributed by atoms with Crippen molar-refractivity contribution in [3.63, 3.8) is 0 Å². The highest BCUT2D eigenvalue weighted by atomic mass is 28.4. The molecule has 1 saturated heterocycles. The molecule has 0 aliphatic carbocycles. The van der Waals surface area contributed by atoms with Crippen LogP contribution in [0, 0.1) is 6.92 Å². The first-order valence-corrected chi connectivity index (χ1v) is 11.6. The molecule has 0 aromatic carbocycles. The Morgan fingerprint density at radius 1 is 1.38 bits per heavy atom. The molecule has 1 fully saturated rings. The Morgan fingerprint density at radius 2 is 2.04 bits per heavy atom. The zero-order valence-corrected chi connectivity index (χ0v) is 16.6. The summed E-state index contributed by atoms with van der Waals surface area (Å²) in [5.74, 6) is 0. The normalized spacial score (nSPS) is 29.3. The number of rotatable bonds is 3. The molecule has 3 rings (SSSR count). The second kappa shape index (κ2) is 5.67. The molecule has 7 heteroatoms. The lowest BCUT2D eigenvalue weighted by atomic mass is 10.1. The van der Waals surface area contributed by atoms with Gasteiger partial charge in [-0.05, 0) is 31.5 Å². The summed E-state index contributed by atoms with van der Waals surface area (Å²) >= 11 is 0. The van der Waals surface area contributed by atoms with Gasteiger partial charge >= 0.3 is 6.01 Å². The average molecular weight is 353 g/mol. The van der Waals surface area contributed by atoms with Crippen molar-refractivity contribution in [3.8, 4) is 6.01 Å². The Labute approximate surface area is 144 Å². The minimum Gasteiger partial charge on any atom is -0.456 e. The van der Waals surface area contributed by atoms with Crippen molar-refractivity contribution in [1.29, 1.82) is 0 Å². The van der Waals surface area contributed by atoms with Gasteiger partial charge in [0, 0.05) is 11.8 Å². The maximum atomic E-state index is 11.8. The molecule has 0 spiro atoms. The van der Waals surface area contributed by atoms with Gasteiger partial charge in [-0.3, -0.25) is 9.36 Å². The van der Waals surface area contributed by atoms with Crippen LogP contribution in [0.3, 0.4) is 0 Å². The molecule has 6 nitrogen and oxygen atoms in total. The van der Waals surface area contributed by atoms with E-state index in [4.69, 9.17) is 13.9 Å². The number of aromatic nitrogens is 2. The lowest BCUT2D eigenvalue weighted by Crippen LogP contribution is -2.52. The summed E-state index contributed by atoms with van der Waals surface area (Å²) in [6, 6.07) is 0.339. The van der Waals surface area contributed by atoms with Gasteiger partial charge in [-0.2, -0.15) is 4.98 Å². The maximum absolute atomic E-state index is 11.8. The van der Waals surface area contributed by atoms with Crippen LogP contribution in [0.25, 0.3) is 0 Å². The zero-order chi connectivity index (χ0) is 17.9. The molecule has 1 aromatic rings. The molecule has 0 amide bonds. The first-order chi connectivity index (χ1) is 11.0. The van der Waals surface area contributed by atoms with E-state index in [1.807, 2.05) is 4.57 Å². The van der Waals surface area contributed by atoms with Crippen molar-refractivity contribution in [2.75, 3.05) is 0 Å². The maximum Gasteiger partial charge on any atom is 0.302 e. The summed E-state index contributed by atoms with van der Waals surface area (Å²) in [7, 11) is -1.98. The average Bonchev–Trinajstić information content (AvgIpc) is 2.69. The van der Waals surface area contributed by atoms with E-state index in [1.165, 1.54) is 0 Å². The van der Waals surface area contributed by atoms with Crippen LogP contribution in [0.15, 0.2) is 11.0 Å². The second-order valence-corrected chi connectivity index (χ2v) is 13.1. The third-order valence-electron chi connectivity index (χ3n) is 5.53. The number of nitrogens with zero attached hydrogens (tertiary/aromatic N) is 2. The molecular formula is C17H28N2O4Si. The van der Waals surface area contributed by atoms with Gasteiger partial charge in [-0.15, -0.1) is 0 Å². The van der Waals surface area contributed by atoms with Gasteiger partial charge in [0.05, 0.1) is 6.10 Å². The molecule has 0 N–H and O–H groups in total. The standard InChI is InChI=1S/C17H28N2O4Si/c1-8-11-12-13(23-24(6,7)17(3,4)5)15(21-11)19-9-10(2)14(20)18-16(19)22-12/h9,11-13,15H,8H2,1-7H3/t11-,12?,13+,15-/m1/s1. The van der Waals surface area contributed by atoms with E-state index in [0.29, 0.717) is 11.6 Å². The molecule has 0 saturated carbocycles. The highest BCUT2D eigenvalue weighted by Gasteiger charge is 2.54. The third-order valence-corrected chi connectivity index (χ3v) is 10.0. The summed E-state index contributed by atoms with van der Waals surface area (Å²) in [5, 5.41) is 0.103. The van der Waals surface area contributed by atoms with Crippen LogP contribution >= 0.6 is 0 Å². The molecule has 0 radical (unpaired) electrons. The Balaban J connectivity index is 1.99. The predicted molar refractivity (Wildman–Crippen MR) is 93.9 cm³/mol. The van der Waals surface area contributed by atoms with Crippen molar-refractivity contribution in [2.24, 2.45) is 0 Å².